The first-order valence-corrected chi connectivity index (χ1v) is 9.34. The largest absolute Gasteiger partial charge is 0.358 e. The predicted octanol–water partition coefficient (Wildman–Crippen LogP) is 3.99. The number of hydrogen-bond acceptors (Lipinski definition) is 2. The van der Waals surface area contributed by atoms with Crippen molar-refractivity contribution < 1.29 is 0 Å². The molecule has 122 valence electrons. The van der Waals surface area contributed by atoms with Gasteiger partial charge in [-0.3, -0.25) is 0 Å². The summed E-state index contributed by atoms with van der Waals surface area (Å²) in [5, 5.41) is 1.48. The van der Waals surface area contributed by atoms with Crippen LogP contribution in [0.2, 0.25) is 0 Å². The zero-order chi connectivity index (χ0) is 15.6. The van der Waals surface area contributed by atoms with Crippen molar-refractivity contribution in [2.24, 2.45) is 12.8 Å². The van der Waals surface area contributed by atoms with Crippen LogP contribution in [0.15, 0.2) is 18.2 Å². The van der Waals surface area contributed by atoms with Gasteiger partial charge in [0.25, 0.3) is 0 Å². The van der Waals surface area contributed by atoms with E-state index in [0.29, 0.717) is 0 Å². The fraction of sp³-hybridized carbons (Fsp3) is 0.600. The van der Waals surface area contributed by atoms with E-state index in [1.165, 1.54) is 67.5 Å². The van der Waals surface area contributed by atoms with Crippen molar-refractivity contribution in [3.8, 4) is 0 Å². The van der Waals surface area contributed by atoms with Crippen molar-refractivity contribution in [2.45, 2.75) is 56.4 Å². The molecule has 1 aliphatic carbocycles. The lowest BCUT2D eigenvalue weighted by atomic mass is 9.76. The zero-order valence-corrected chi connectivity index (χ0v) is 14.1. The molecular weight excluding hydrogens is 282 g/mol. The first kappa shape index (κ1) is 13.9. The molecule has 2 aromatic rings. The lowest BCUT2D eigenvalue weighted by molar-refractivity contribution is 0.302. The van der Waals surface area contributed by atoms with E-state index in [4.69, 9.17) is 5.73 Å². The number of aromatic nitrogens is 1. The maximum Gasteiger partial charge on any atom is 0.112 e. The monoisotopic (exact) mass is 309 g/mol. The highest BCUT2D eigenvalue weighted by Gasteiger charge is 2.36. The third-order valence-electron chi connectivity index (χ3n) is 6.73. The lowest BCUT2D eigenvalue weighted by Crippen LogP contribution is -2.39. The standard InChI is InChI=1S/C20H27N3/c1-22-17-6-5-15(20(21)9-3-2-4-10-20)13-16(17)18-14-7-11-23(12-8-14)19(18)22/h5-6,13-14H,2-4,7-12,21H2,1H3. The Morgan fingerprint density at radius 1 is 1.09 bits per heavy atom. The van der Waals surface area contributed by atoms with Gasteiger partial charge in [0.05, 0.1) is 0 Å². The molecule has 1 saturated carbocycles. The van der Waals surface area contributed by atoms with Crippen LogP contribution in [0, 0.1) is 0 Å². The molecule has 2 N–H and O–H groups in total. The van der Waals surface area contributed by atoms with E-state index in [0.717, 1.165) is 18.8 Å². The van der Waals surface area contributed by atoms with Gasteiger partial charge in [-0.05, 0) is 49.3 Å². The van der Waals surface area contributed by atoms with Gasteiger partial charge < -0.3 is 15.2 Å². The normalized spacial score (nSPS) is 23.5. The van der Waals surface area contributed by atoms with Gasteiger partial charge in [-0.15, -0.1) is 0 Å². The van der Waals surface area contributed by atoms with Gasteiger partial charge in [0.1, 0.15) is 5.82 Å². The van der Waals surface area contributed by atoms with Gasteiger partial charge in [0.2, 0.25) is 0 Å². The number of nitrogens with two attached hydrogens (primary N) is 1. The van der Waals surface area contributed by atoms with Gasteiger partial charge >= 0.3 is 0 Å². The fourth-order valence-corrected chi connectivity index (χ4v) is 5.41. The lowest BCUT2D eigenvalue weighted by Gasteiger charge is -2.41. The van der Waals surface area contributed by atoms with E-state index < -0.39 is 0 Å². The minimum absolute atomic E-state index is 0.0941. The summed E-state index contributed by atoms with van der Waals surface area (Å²) in [6, 6.07) is 7.07. The maximum atomic E-state index is 6.81. The molecule has 2 fully saturated rings. The molecule has 1 aromatic heterocycles. The third-order valence-corrected chi connectivity index (χ3v) is 6.73. The van der Waals surface area contributed by atoms with Gasteiger partial charge in [-0.1, -0.05) is 25.3 Å². The van der Waals surface area contributed by atoms with Crippen molar-refractivity contribution in [1.29, 1.82) is 0 Å². The molecule has 2 bridgehead atoms. The third kappa shape index (κ3) is 1.86. The highest BCUT2D eigenvalue weighted by atomic mass is 15.3. The number of piperidine rings is 1. The smallest absolute Gasteiger partial charge is 0.112 e. The second-order valence-corrected chi connectivity index (χ2v) is 8.01. The van der Waals surface area contributed by atoms with Crippen LogP contribution in [0.3, 0.4) is 0 Å². The number of aryl methyl sites for hydroxylation is 1. The molecule has 1 saturated heterocycles. The summed E-state index contributed by atoms with van der Waals surface area (Å²) in [5.74, 6) is 2.24. The molecule has 0 amide bonds. The summed E-state index contributed by atoms with van der Waals surface area (Å²) in [6.45, 7) is 2.46. The maximum absolute atomic E-state index is 6.81. The molecule has 3 aliphatic heterocycles. The average molecular weight is 309 g/mol. The summed E-state index contributed by atoms with van der Waals surface area (Å²) in [7, 11) is 2.24. The van der Waals surface area contributed by atoms with Crippen molar-refractivity contribution in [2.75, 3.05) is 18.0 Å². The van der Waals surface area contributed by atoms with E-state index >= 15 is 0 Å². The molecule has 3 heteroatoms. The molecule has 3 nitrogen and oxygen atoms in total. The predicted molar refractivity (Wildman–Crippen MR) is 96.1 cm³/mol. The van der Waals surface area contributed by atoms with Crippen LogP contribution < -0.4 is 10.6 Å². The molecule has 4 aliphatic rings. The highest BCUT2D eigenvalue weighted by Crippen LogP contribution is 2.48. The summed E-state index contributed by atoms with van der Waals surface area (Å²) >= 11 is 0. The van der Waals surface area contributed by atoms with Crippen LogP contribution in [0.5, 0.6) is 0 Å². The summed E-state index contributed by atoms with van der Waals surface area (Å²) in [4.78, 5) is 2.59. The number of anilines is 1. The number of fused-ring (bicyclic) bond motifs is 3. The Labute approximate surface area is 138 Å². The van der Waals surface area contributed by atoms with E-state index in [1.807, 2.05) is 0 Å². The molecule has 4 heterocycles. The average Bonchev–Trinajstić information content (AvgIpc) is 2.92. The number of nitrogens with zero attached hydrogens (tertiary/aromatic N) is 2. The molecule has 0 atom stereocenters. The summed E-state index contributed by atoms with van der Waals surface area (Å²) < 4.78 is 2.42. The highest BCUT2D eigenvalue weighted by molar-refractivity contribution is 5.92. The zero-order valence-electron chi connectivity index (χ0n) is 14.1. The first-order valence-electron chi connectivity index (χ1n) is 9.34. The summed E-state index contributed by atoms with van der Waals surface area (Å²) in [5.41, 5.74) is 11.1. The van der Waals surface area contributed by atoms with Gasteiger partial charge in [-0.2, -0.15) is 0 Å². The van der Waals surface area contributed by atoms with Gasteiger partial charge in [-0.25, -0.2) is 0 Å². The van der Waals surface area contributed by atoms with Crippen LogP contribution in [-0.4, -0.2) is 17.7 Å². The first-order chi connectivity index (χ1) is 11.2. The molecule has 6 rings (SSSR count). The van der Waals surface area contributed by atoms with Crippen LogP contribution >= 0.6 is 0 Å². The number of benzene rings is 1. The Hall–Kier alpha value is -1.48. The Balaban J connectivity index is 1.70. The van der Waals surface area contributed by atoms with Crippen molar-refractivity contribution in [1.82, 2.24) is 4.57 Å². The molecule has 0 spiro atoms. The molecule has 0 unspecified atom stereocenters. The van der Waals surface area contributed by atoms with Gasteiger partial charge in [0, 0.05) is 42.1 Å². The Morgan fingerprint density at radius 3 is 2.57 bits per heavy atom. The van der Waals surface area contributed by atoms with Crippen molar-refractivity contribution in [3.63, 3.8) is 0 Å². The summed E-state index contributed by atoms with van der Waals surface area (Å²) in [6.07, 6.45) is 8.83. The minimum Gasteiger partial charge on any atom is -0.358 e. The SMILES string of the molecule is Cn1c2c(c3cc(C4(N)CCCCC4)ccc31)C1CCN2CC1. The van der Waals surface area contributed by atoms with E-state index in [9.17, 15) is 0 Å². The molecule has 1 aromatic carbocycles. The molecule has 0 radical (unpaired) electrons. The minimum atomic E-state index is -0.0941. The van der Waals surface area contributed by atoms with E-state index in [1.54, 1.807) is 5.56 Å². The molecule has 23 heavy (non-hydrogen) atoms. The second kappa shape index (κ2) is 4.76. The topological polar surface area (TPSA) is 34.2 Å². The number of hydrogen-bond donors (Lipinski definition) is 1. The van der Waals surface area contributed by atoms with E-state index in [-0.39, 0.29) is 5.54 Å². The van der Waals surface area contributed by atoms with Gasteiger partial charge in [0.15, 0.2) is 0 Å². The Morgan fingerprint density at radius 2 is 1.83 bits per heavy atom. The van der Waals surface area contributed by atoms with E-state index in [2.05, 4.69) is 34.7 Å². The van der Waals surface area contributed by atoms with Crippen LogP contribution in [0.1, 0.15) is 62.0 Å². The molecular formula is C20H27N3. The van der Waals surface area contributed by atoms with Crippen LogP contribution in [-0.2, 0) is 12.6 Å². The Bertz CT molecular complexity index is 759. The van der Waals surface area contributed by atoms with Crippen molar-refractivity contribution in [3.05, 3.63) is 29.3 Å². The Kier molecular flexibility index (Phi) is 2.88. The fourth-order valence-electron chi connectivity index (χ4n) is 5.41. The quantitative estimate of drug-likeness (QED) is 0.864. The second-order valence-electron chi connectivity index (χ2n) is 8.01. The van der Waals surface area contributed by atoms with Crippen LogP contribution in [0.4, 0.5) is 5.82 Å². The van der Waals surface area contributed by atoms with Crippen LogP contribution in [0.25, 0.3) is 10.9 Å². The number of rotatable bonds is 1. The van der Waals surface area contributed by atoms with Crippen molar-refractivity contribution >= 4 is 16.7 Å².